The number of carbonyl (C=O) groups excluding carboxylic acids is 1. The van der Waals surface area contributed by atoms with Crippen LogP contribution in [-0.2, 0) is 11.2 Å². The van der Waals surface area contributed by atoms with E-state index in [4.69, 9.17) is 9.47 Å². The van der Waals surface area contributed by atoms with Gasteiger partial charge < -0.3 is 19.4 Å². The number of aromatic amines is 1. The molecule has 156 valence electrons. The van der Waals surface area contributed by atoms with Gasteiger partial charge in [-0.05, 0) is 43.2 Å². The molecule has 0 radical (unpaired) electrons. The molecule has 1 aromatic heterocycles. The monoisotopic (exact) mass is 407 g/mol. The highest BCUT2D eigenvalue weighted by atomic mass is 16.5. The minimum atomic E-state index is -0.178. The van der Waals surface area contributed by atoms with Gasteiger partial charge >= 0.3 is 0 Å². The van der Waals surface area contributed by atoms with Crippen molar-refractivity contribution in [3.63, 3.8) is 0 Å². The van der Waals surface area contributed by atoms with Gasteiger partial charge in [0.25, 0.3) is 5.56 Å². The first-order valence-electron chi connectivity index (χ1n) is 10.1. The van der Waals surface area contributed by atoms with E-state index in [1.54, 1.807) is 20.3 Å². The fraction of sp³-hybridized carbons (Fsp3) is 0.348. The maximum Gasteiger partial charge on any atom is 0.258 e. The van der Waals surface area contributed by atoms with Gasteiger partial charge in [0.15, 0.2) is 0 Å². The molecule has 1 N–H and O–H groups in total. The summed E-state index contributed by atoms with van der Waals surface area (Å²) in [5.41, 5.74) is 1.42. The van der Waals surface area contributed by atoms with E-state index in [0.29, 0.717) is 29.7 Å². The molecule has 3 aromatic rings. The van der Waals surface area contributed by atoms with E-state index in [0.717, 1.165) is 29.9 Å². The summed E-state index contributed by atoms with van der Waals surface area (Å²) in [6.07, 6.45) is 2.48. The Morgan fingerprint density at radius 2 is 2.03 bits per heavy atom. The van der Waals surface area contributed by atoms with Gasteiger partial charge in [-0.1, -0.05) is 12.1 Å². The predicted octanol–water partition coefficient (Wildman–Crippen LogP) is 3.24. The third kappa shape index (κ3) is 3.87. The molecule has 2 heterocycles. The molecular formula is C23H25N3O4. The number of nitrogens with one attached hydrogen (secondary N) is 1. The summed E-state index contributed by atoms with van der Waals surface area (Å²) >= 11 is 0. The second kappa shape index (κ2) is 8.57. The third-order valence-corrected chi connectivity index (χ3v) is 5.61. The Morgan fingerprint density at radius 1 is 1.20 bits per heavy atom. The van der Waals surface area contributed by atoms with Gasteiger partial charge in [0.1, 0.15) is 17.3 Å². The number of amides is 1. The van der Waals surface area contributed by atoms with Crippen molar-refractivity contribution in [3.05, 3.63) is 64.2 Å². The van der Waals surface area contributed by atoms with Crippen molar-refractivity contribution in [2.75, 3.05) is 20.8 Å². The molecule has 0 spiro atoms. The number of ether oxygens (including phenoxy) is 2. The van der Waals surface area contributed by atoms with E-state index in [9.17, 15) is 9.59 Å². The molecule has 1 aliphatic rings. The zero-order chi connectivity index (χ0) is 21.1. The number of rotatable bonds is 6. The van der Waals surface area contributed by atoms with E-state index in [2.05, 4.69) is 9.97 Å². The van der Waals surface area contributed by atoms with E-state index in [1.807, 2.05) is 41.3 Å². The van der Waals surface area contributed by atoms with Crippen LogP contribution >= 0.6 is 0 Å². The molecule has 1 amide bonds. The number of para-hydroxylation sites is 1. The molecule has 7 heteroatoms. The average molecular weight is 407 g/mol. The minimum Gasteiger partial charge on any atom is -0.497 e. The van der Waals surface area contributed by atoms with Crippen LogP contribution in [0.4, 0.5) is 0 Å². The highest BCUT2D eigenvalue weighted by Crippen LogP contribution is 2.39. The van der Waals surface area contributed by atoms with Crippen molar-refractivity contribution in [1.82, 2.24) is 14.9 Å². The standard InChI is InChI=1S/C23H25N3O4/c1-29-15-9-10-20(30-2)17(14-15)19-8-5-13-26(19)22(27)12-11-21-24-18-7-4-3-6-16(18)23(28)25-21/h3-4,6-7,9-10,14,19H,5,8,11-13H2,1-2H3,(H,24,25,28). The molecule has 1 unspecified atom stereocenters. The van der Waals surface area contributed by atoms with E-state index < -0.39 is 0 Å². The molecule has 30 heavy (non-hydrogen) atoms. The molecule has 0 saturated carbocycles. The molecule has 7 nitrogen and oxygen atoms in total. The predicted molar refractivity (Wildman–Crippen MR) is 114 cm³/mol. The van der Waals surface area contributed by atoms with E-state index in [1.165, 1.54) is 0 Å². The van der Waals surface area contributed by atoms with E-state index in [-0.39, 0.29) is 23.9 Å². The zero-order valence-corrected chi connectivity index (χ0v) is 17.2. The summed E-state index contributed by atoms with van der Waals surface area (Å²) in [6.45, 7) is 0.700. The van der Waals surface area contributed by atoms with Gasteiger partial charge in [-0.15, -0.1) is 0 Å². The maximum atomic E-state index is 13.0. The van der Waals surface area contributed by atoms with Gasteiger partial charge in [0.05, 0.1) is 31.2 Å². The second-order valence-electron chi connectivity index (χ2n) is 7.38. The van der Waals surface area contributed by atoms with Gasteiger partial charge in [-0.3, -0.25) is 9.59 Å². The highest BCUT2D eigenvalue weighted by molar-refractivity contribution is 5.78. The lowest BCUT2D eigenvalue weighted by molar-refractivity contribution is -0.132. The lowest BCUT2D eigenvalue weighted by Crippen LogP contribution is -2.31. The number of methoxy groups -OCH3 is 2. The number of hydrogen-bond acceptors (Lipinski definition) is 5. The zero-order valence-electron chi connectivity index (χ0n) is 17.2. The summed E-state index contributed by atoms with van der Waals surface area (Å²) in [5, 5.41) is 0.553. The second-order valence-corrected chi connectivity index (χ2v) is 7.38. The summed E-state index contributed by atoms with van der Waals surface area (Å²) < 4.78 is 10.9. The van der Waals surface area contributed by atoms with Gasteiger partial charge in [-0.25, -0.2) is 4.98 Å². The number of carbonyl (C=O) groups is 1. The van der Waals surface area contributed by atoms with Crippen LogP contribution < -0.4 is 15.0 Å². The smallest absolute Gasteiger partial charge is 0.258 e. The normalized spacial score (nSPS) is 16.1. The highest BCUT2D eigenvalue weighted by Gasteiger charge is 2.32. The Kier molecular flexibility index (Phi) is 5.70. The number of aromatic nitrogens is 2. The van der Waals surface area contributed by atoms with Crippen molar-refractivity contribution in [2.24, 2.45) is 0 Å². The summed E-state index contributed by atoms with van der Waals surface area (Å²) in [4.78, 5) is 34.5. The molecule has 1 fully saturated rings. The first-order valence-corrected chi connectivity index (χ1v) is 10.1. The van der Waals surface area contributed by atoms with Crippen LogP contribution in [-0.4, -0.2) is 41.5 Å². The molecule has 1 atom stereocenters. The molecular weight excluding hydrogens is 382 g/mol. The summed E-state index contributed by atoms with van der Waals surface area (Å²) in [7, 11) is 3.26. The number of nitrogens with zero attached hydrogens (tertiary/aromatic N) is 2. The molecule has 1 aliphatic heterocycles. The average Bonchev–Trinajstić information content (AvgIpc) is 3.27. The van der Waals surface area contributed by atoms with Crippen molar-refractivity contribution < 1.29 is 14.3 Å². The number of fused-ring (bicyclic) bond motifs is 1. The number of hydrogen-bond donors (Lipinski definition) is 1. The third-order valence-electron chi connectivity index (χ3n) is 5.61. The first-order chi connectivity index (χ1) is 14.6. The Balaban J connectivity index is 1.52. The van der Waals surface area contributed by atoms with Crippen molar-refractivity contribution >= 4 is 16.8 Å². The molecule has 0 bridgehead atoms. The fourth-order valence-corrected chi connectivity index (χ4v) is 4.11. The number of likely N-dealkylation sites (tertiary alicyclic amines) is 1. The Morgan fingerprint density at radius 3 is 2.83 bits per heavy atom. The number of H-pyrrole nitrogens is 1. The maximum absolute atomic E-state index is 13.0. The Labute approximate surface area is 174 Å². The first kappa shape index (κ1) is 19.9. The van der Waals surface area contributed by atoms with E-state index >= 15 is 0 Å². The van der Waals surface area contributed by atoms with Crippen LogP contribution in [0.15, 0.2) is 47.3 Å². The molecule has 2 aromatic carbocycles. The van der Waals surface area contributed by atoms with Gasteiger partial charge in [-0.2, -0.15) is 0 Å². The lowest BCUT2D eigenvalue weighted by Gasteiger charge is -2.26. The molecule has 1 saturated heterocycles. The topological polar surface area (TPSA) is 84.5 Å². The quantitative estimate of drug-likeness (QED) is 0.678. The SMILES string of the molecule is COc1ccc(OC)c(C2CCCN2C(=O)CCc2nc3ccccc3c(=O)[nH]2)c1. The fourth-order valence-electron chi connectivity index (χ4n) is 4.11. The minimum absolute atomic E-state index is 0.0400. The van der Waals surface area contributed by atoms with Crippen molar-refractivity contribution in [2.45, 2.75) is 31.7 Å². The van der Waals surface area contributed by atoms with Gasteiger partial charge in [0, 0.05) is 24.9 Å². The van der Waals surface area contributed by atoms with Crippen molar-refractivity contribution in [1.29, 1.82) is 0 Å². The van der Waals surface area contributed by atoms with Crippen LogP contribution in [0.25, 0.3) is 10.9 Å². The number of aryl methyl sites for hydroxylation is 1. The van der Waals surface area contributed by atoms with Crippen molar-refractivity contribution in [3.8, 4) is 11.5 Å². The largest absolute Gasteiger partial charge is 0.497 e. The van der Waals surface area contributed by atoms with Crippen LogP contribution in [0.2, 0.25) is 0 Å². The van der Waals surface area contributed by atoms with Crippen LogP contribution in [0.1, 0.15) is 36.7 Å². The number of benzene rings is 2. The molecule has 0 aliphatic carbocycles. The Bertz CT molecular complexity index is 1120. The summed E-state index contributed by atoms with van der Waals surface area (Å²) in [6, 6.07) is 12.8. The van der Waals surface area contributed by atoms with Crippen LogP contribution in [0, 0.1) is 0 Å². The lowest BCUT2D eigenvalue weighted by atomic mass is 10.0. The Hall–Kier alpha value is -3.35. The van der Waals surface area contributed by atoms with Crippen LogP contribution in [0.3, 0.4) is 0 Å². The summed E-state index contributed by atoms with van der Waals surface area (Å²) in [5.74, 6) is 2.06. The van der Waals surface area contributed by atoms with Gasteiger partial charge in [0.2, 0.25) is 5.91 Å². The molecule has 4 rings (SSSR count). The van der Waals surface area contributed by atoms with Crippen LogP contribution in [0.5, 0.6) is 11.5 Å².